The number of hydrogen-bond donors (Lipinski definition) is 2. The Kier molecular flexibility index (Phi) is 6.20. The van der Waals surface area contributed by atoms with E-state index in [1.165, 1.54) is 0 Å². The number of benzene rings is 1. The van der Waals surface area contributed by atoms with Crippen molar-refractivity contribution in [3.8, 4) is 0 Å². The number of halogens is 2. The predicted octanol–water partition coefficient (Wildman–Crippen LogP) is 4.70. The minimum Gasteiger partial charge on any atom is -0.348 e. The molecule has 2 N–H and O–H groups in total. The van der Waals surface area contributed by atoms with Gasteiger partial charge in [0, 0.05) is 45.8 Å². The highest BCUT2D eigenvalue weighted by Crippen LogP contribution is 2.24. The van der Waals surface area contributed by atoms with Gasteiger partial charge in [-0.1, -0.05) is 29.3 Å². The van der Waals surface area contributed by atoms with Crippen LogP contribution in [0, 0.1) is 27.7 Å². The van der Waals surface area contributed by atoms with Crippen LogP contribution in [0.3, 0.4) is 0 Å². The minimum absolute atomic E-state index is 0.174. The maximum Gasteiger partial charge on any atom is 0.253 e. The molecule has 152 valence electrons. The van der Waals surface area contributed by atoms with Crippen molar-refractivity contribution >= 4 is 29.1 Å². The Morgan fingerprint density at radius 3 is 2.48 bits per heavy atom. The Labute approximate surface area is 179 Å². The molecule has 2 heterocycles. The van der Waals surface area contributed by atoms with Gasteiger partial charge in [-0.05, 0) is 63.1 Å². The molecule has 7 heteroatoms. The number of aromatic nitrogens is 2. The van der Waals surface area contributed by atoms with Crippen molar-refractivity contribution in [3.05, 3.63) is 90.1 Å². The number of carbonyl (C=O) groups excluding carboxylic acids is 1. The summed E-state index contributed by atoms with van der Waals surface area (Å²) < 4.78 is 2.04. The highest BCUT2D eigenvalue weighted by molar-refractivity contribution is 6.35. The highest BCUT2D eigenvalue weighted by atomic mass is 35.5. The molecule has 3 aromatic rings. The van der Waals surface area contributed by atoms with E-state index < -0.39 is 0 Å². The average Bonchev–Trinajstić information content (AvgIpc) is 2.91. The predicted molar refractivity (Wildman–Crippen MR) is 117 cm³/mol. The summed E-state index contributed by atoms with van der Waals surface area (Å²) >= 11 is 12.3. The van der Waals surface area contributed by atoms with Crippen molar-refractivity contribution < 1.29 is 4.79 Å². The molecule has 0 fully saturated rings. The van der Waals surface area contributed by atoms with Gasteiger partial charge >= 0.3 is 0 Å². The Hall–Kier alpha value is -2.50. The summed E-state index contributed by atoms with van der Waals surface area (Å²) in [6.45, 7) is 8.26. The van der Waals surface area contributed by atoms with Crippen molar-refractivity contribution in [3.63, 3.8) is 0 Å². The van der Waals surface area contributed by atoms with Crippen LogP contribution in [0.1, 0.15) is 44.1 Å². The minimum atomic E-state index is -0.217. The van der Waals surface area contributed by atoms with E-state index in [1.807, 2.05) is 50.5 Å². The smallest absolute Gasteiger partial charge is 0.253 e. The fourth-order valence-electron chi connectivity index (χ4n) is 3.46. The molecule has 5 nitrogen and oxygen atoms in total. The monoisotopic (exact) mass is 431 g/mol. The molecule has 3 rings (SSSR count). The number of nitrogens with zero attached hydrogens (tertiary/aromatic N) is 1. The van der Waals surface area contributed by atoms with Crippen LogP contribution in [0.25, 0.3) is 0 Å². The van der Waals surface area contributed by atoms with E-state index in [0.29, 0.717) is 27.7 Å². The van der Waals surface area contributed by atoms with Gasteiger partial charge in [-0.15, -0.1) is 0 Å². The molecular weight excluding hydrogens is 409 g/mol. The van der Waals surface area contributed by atoms with Gasteiger partial charge in [-0.2, -0.15) is 0 Å². The van der Waals surface area contributed by atoms with Crippen LogP contribution >= 0.6 is 23.2 Å². The number of rotatable bonds is 5. The Morgan fingerprint density at radius 1 is 1.10 bits per heavy atom. The zero-order chi connectivity index (χ0) is 21.3. The Balaban J connectivity index is 1.80. The van der Waals surface area contributed by atoms with E-state index in [9.17, 15) is 9.59 Å². The molecule has 0 bridgehead atoms. The highest BCUT2D eigenvalue weighted by Gasteiger charge is 2.17. The van der Waals surface area contributed by atoms with Crippen LogP contribution in [-0.4, -0.2) is 15.5 Å². The van der Waals surface area contributed by atoms with Gasteiger partial charge in [0.1, 0.15) is 0 Å². The van der Waals surface area contributed by atoms with Gasteiger partial charge in [0.15, 0.2) is 0 Å². The van der Waals surface area contributed by atoms with Crippen molar-refractivity contribution in [1.82, 2.24) is 14.9 Å². The molecular formula is C22H23Cl2N3O2. The molecule has 1 aromatic carbocycles. The number of H-pyrrole nitrogens is 1. The third-order valence-corrected chi connectivity index (χ3v) is 5.67. The third-order valence-electron chi connectivity index (χ3n) is 5.08. The molecule has 0 spiro atoms. The lowest BCUT2D eigenvalue weighted by atomic mass is 10.1. The first kappa shape index (κ1) is 21.2. The number of aromatic amines is 1. The molecule has 0 unspecified atom stereocenters. The lowest BCUT2D eigenvalue weighted by Gasteiger charge is -2.12. The van der Waals surface area contributed by atoms with Crippen LogP contribution in [0.2, 0.25) is 10.0 Å². The van der Waals surface area contributed by atoms with Crippen LogP contribution in [0.4, 0.5) is 0 Å². The number of nitrogens with one attached hydrogen (secondary N) is 2. The van der Waals surface area contributed by atoms with Crippen LogP contribution in [0.5, 0.6) is 0 Å². The number of aryl methyl sites for hydroxylation is 3. The SMILES string of the molecule is Cc1cc(C)c(CNC(=O)c2cc(C)n(Cc3ccc(Cl)cc3Cl)c2C)c(=O)[nH]1. The summed E-state index contributed by atoms with van der Waals surface area (Å²) in [6.07, 6.45) is 0. The van der Waals surface area contributed by atoms with Gasteiger partial charge in [0.05, 0.1) is 5.56 Å². The van der Waals surface area contributed by atoms with Gasteiger partial charge in [0.2, 0.25) is 0 Å². The average molecular weight is 432 g/mol. The third kappa shape index (κ3) is 4.57. The van der Waals surface area contributed by atoms with E-state index >= 15 is 0 Å². The zero-order valence-corrected chi connectivity index (χ0v) is 18.3. The summed E-state index contributed by atoms with van der Waals surface area (Å²) in [4.78, 5) is 27.7. The lowest BCUT2D eigenvalue weighted by Crippen LogP contribution is -2.28. The van der Waals surface area contributed by atoms with Crippen molar-refractivity contribution in [1.29, 1.82) is 0 Å². The standard InChI is InChI=1S/C22H23Cl2N3O2/c1-12-7-13(2)26-22(29)19(12)10-25-21(28)18-8-14(3)27(15(18)4)11-16-5-6-17(23)9-20(16)24/h5-9H,10-11H2,1-4H3,(H,25,28)(H,26,29). The first-order valence-electron chi connectivity index (χ1n) is 9.25. The number of carbonyl (C=O) groups is 1. The van der Waals surface area contributed by atoms with E-state index in [1.54, 1.807) is 12.1 Å². The summed E-state index contributed by atoms with van der Waals surface area (Å²) in [5.41, 5.74) is 5.32. The molecule has 29 heavy (non-hydrogen) atoms. The molecule has 0 saturated heterocycles. The van der Waals surface area contributed by atoms with E-state index in [2.05, 4.69) is 10.3 Å². The molecule has 0 aliphatic rings. The summed E-state index contributed by atoms with van der Waals surface area (Å²) in [7, 11) is 0. The second-order valence-electron chi connectivity index (χ2n) is 7.23. The molecule has 2 aromatic heterocycles. The summed E-state index contributed by atoms with van der Waals surface area (Å²) in [5, 5.41) is 4.04. The van der Waals surface area contributed by atoms with Crippen LogP contribution in [-0.2, 0) is 13.1 Å². The second-order valence-corrected chi connectivity index (χ2v) is 8.08. The van der Waals surface area contributed by atoms with E-state index in [4.69, 9.17) is 23.2 Å². The largest absolute Gasteiger partial charge is 0.348 e. The van der Waals surface area contributed by atoms with Gasteiger partial charge < -0.3 is 14.9 Å². The lowest BCUT2D eigenvalue weighted by molar-refractivity contribution is 0.0950. The van der Waals surface area contributed by atoms with Crippen molar-refractivity contribution in [2.75, 3.05) is 0 Å². The van der Waals surface area contributed by atoms with Crippen molar-refractivity contribution in [2.45, 2.75) is 40.8 Å². The fourth-order valence-corrected chi connectivity index (χ4v) is 3.93. The van der Waals surface area contributed by atoms with Crippen LogP contribution in [0.15, 0.2) is 35.1 Å². The topological polar surface area (TPSA) is 66.9 Å². The molecule has 0 aliphatic heterocycles. The zero-order valence-electron chi connectivity index (χ0n) is 16.8. The number of amides is 1. The Bertz CT molecular complexity index is 1150. The number of pyridine rings is 1. The quantitative estimate of drug-likeness (QED) is 0.614. The molecule has 0 atom stereocenters. The molecule has 0 radical (unpaired) electrons. The molecule has 0 saturated carbocycles. The maximum absolute atomic E-state index is 12.8. The maximum atomic E-state index is 12.8. The normalized spacial score (nSPS) is 11.0. The number of hydrogen-bond acceptors (Lipinski definition) is 2. The molecule has 1 amide bonds. The second kappa shape index (κ2) is 8.47. The summed E-state index contributed by atoms with van der Waals surface area (Å²) in [6, 6.07) is 9.13. The molecule has 0 aliphatic carbocycles. The summed E-state index contributed by atoms with van der Waals surface area (Å²) in [5.74, 6) is -0.217. The van der Waals surface area contributed by atoms with E-state index in [-0.39, 0.29) is 18.0 Å². The van der Waals surface area contributed by atoms with Crippen molar-refractivity contribution in [2.24, 2.45) is 0 Å². The fraction of sp³-hybridized carbons (Fsp3) is 0.273. The van der Waals surface area contributed by atoms with E-state index in [0.717, 1.165) is 28.2 Å². The first-order valence-corrected chi connectivity index (χ1v) is 10.0. The first-order chi connectivity index (χ1) is 13.7. The van der Waals surface area contributed by atoms with Gasteiger partial charge in [-0.3, -0.25) is 9.59 Å². The Morgan fingerprint density at radius 2 is 1.83 bits per heavy atom. The van der Waals surface area contributed by atoms with Crippen LogP contribution < -0.4 is 10.9 Å². The van der Waals surface area contributed by atoms with Gasteiger partial charge in [-0.25, -0.2) is 0 Å². The van der Waals surface area contributed by atoms with Gasteiger partial charge in [0.25, 0.3) is 11.5 Å².